The molecule has 3 N–H and O–H groups in total. The largest absolute Gasteiger partial charge is 0.276 e. The second kappa shape index (κ2) is 5.85. The molecule has 1 heterocycles. The van der Waals surface area contributed by atoms with Crippen molar-refractivity contribution in [2.45, 2.75) is 57.9 Å². The maximum Gasteiger partial charge on any atom is 0.0521 e. The highest BCUT2D eigenvalue weighted by molar-refractivity contribution is 5.05. The Morgan fingerprint density at radius 1 is 1.44 bits per heavy atom. The van der Waals surface area contributed by atoms with Crippen LogP contribution in [0.5, 0.6) is 0 Å². The van der Waals surface area contributed by atoms with Crippen molar-refractivity contribution in [1.29, 1.82) is 0 Å². The Hall–Kier alpha value is -0.870. The van der Waals surface area contributed by atoms with E-state index in [1.54, 1.807) is 0 Å². The van der Waals surface area contributed by atoms with Gasteiger partial charge in [0, 0.05) is 19.3 Å². The first-order chi connectivity index (χ1) is 8.64. The van der Waals surface area contributed by atoms with Gasteiger partial charge in [-0.3, -0.25) is 16.0 Å². The molecule has 1 atom stereocenters. The van der Waals surface area contributed by atoms with Gasteiger partial charge in [-0.05, 0) is 36.7 Å². The minimum atomic E-state index is 0.370. The maximum absolute atomic E-state index is 5.79. The fraction of sp³-hybridized carbons (Fsp3) is 0.786. The molecular weight excluding hydrogens is 224 g/mol. The van der Waals surface area contributed by atoms with Crippen LogP contribution < -0.4 is 11.3 Å². The van der Waals surface area contributed by atoms with Crippen molar-refractivity contribution in [3.63, 3.8) is 0 Å². The van der Waals surface area contributed by atoms with E-state index in [0.29, 0.717) is 11.5 Å². The zero-order chi connectivity index (χ0) is 13.0. The van der Waals surface area contributed by atoms with E-state index < -0.39 is 0 Å². The molecule has 1 aliphatic carbocycles. The van der Waals surface area contributed by atoms with Gasteiger partial charge in [0.25, 0.3) is 0 Å². The first-order valence-corrected chi connectivity index (χ1v) is 7.08. The summed E-state index contributed by atoms with van der Waals surface area (Å²) < 4.78 is 1.86. The molecule has 1 aliphatic rings. The van der Waals surface area contributed by atoms with Crippen molar-refractivity contribution in [2.24, 2.45) is 18.3 Å². The first kappa shape index (κ1) is 13.6. The van der Waals surface area contributed by atoms with Gasteiger partial charge in [-0.25, -0.2) is 0 Å². The summed E-state index contributed by atoms with van der Waals surface area (Å²) in [4.78, 5) is 0. The smallest absolute Gasteiger partial charge is 0.0521 e. The number of nitrogens with zero attached hydrogens (tertiary/aromatic N) is 2. The lowest BCUT2D eigenvalue weighted by molar-refractivity contribution is 0.138. The SMILES string of the molecule is Cn1cc(CCC(NN)C2(C)CCCCC2)cn1. The van der Waals surface area contributed by atoms with Gasteiger partial charge in [0.15, 0.2) is 0 Å². The number of aromatic nitrogens is 2. The lowest BCUT2D eigenvalue weighted by Gasteiger charge is -2.40. The van der Waals surface area contributed by atoms with Crippen LogP contribution in [-0.4, -0.2) is 15.8 Å². The van der Waals surface area contributed by atoms with Crippen LogP contribution in [0.25, 0.3) is 0 Å². The van der Waals surface area contributed by atoms with Gasteiger partial charge in [-0.2, -0.15) is 5.10 Å². The third-order valence-corrected chi connectivity index (χ3v) is 4.52. The predicted octanol–water partition coefficient (Wildman–Crippen LogP) is 2.15. The molecule has 0 radical (unpaired) electrons. The number of hydrogen-bond donors (Lipinski definition) is 2. The summed E-state index contributed by atoms with van der Waals surface area (Å²) in [5, 5.41) is 4.22. The molecule has 1 aromatic rings. The molecule has 1 unspecified atom stereocenters. The summed E-state index contributed by atoms with van der Waals surface area (Å²) in [5.74, 6) is 5.79. The monoisotopic (exact) mass is 250 g/mol. The van der Waals surface area contributed by atoms with E-state index in [4.69, 9.17) is 5.84 Å². The van der Waals surface area contributed by atoms with Gasteiger partial charge < -0.3 is 0 Å². The van der Waals surface area contributed by atoms with Gasteiger partial charge in [-0.15, -0.1) is 0 Å². The fourth-order valence-electron chi connectivity index (χ4n) is 3.25. The first-order valence-electron chi connectivity index (χ1n) is 7.08. The van der Waals surface area contributed by atoms with Crippen molar-refractivity contribution < 1.29 is 0 Å². The van der Waals surface area contributed by atoms with E-state index >= 15 is 0 Å². The second-order valence-electron chi connectivity index (χ2n) is 5.99. The van der Waals surface area contributed by atoms with Gasteiger partial charge in [0.05, 0.1) is 6.20 Å². The zero-order valence-corrected chi connectivity index (χ0v) is 11.7. The van der Waals surface area contributed by atoms with E-state index in [1.807, 2.05) is 17.9 Å². The standard InChI is InChI=1S/C14H26N4/c1-14(8-4-3-5-9-14)13(17-15)7-6-12-10-16-18(2)11-12/h10-11,13,17H,3-9,15H2,1-2H3. The minimum Gasteiger partial charge on any atom is -0.276 e. The number of nitrogens with two attached hydrogens (primary N) is 1. The van der Waals surface area contributed by atoms with Gasteiger partial charge >= 0.3 is 0 Å². The fourth-order valence-corrected chi connectivity index (χ4v) is 3.25. The van der Waals surface area contributed by atoms with Crippen LogP contribution in [0.15, 0.2) is 12.4 Å². The van der Waals surface area contributed by atoms with E-state index in [-0.39, 0.29) is 0 Å². The average Bonchev–Trinajstić information content (AvgIpc) is 2.76. The van der Waals surface area contributed by atoms with Crippen LogP contribution in [-0.2, 0) is 13.5 Å². The molecule has 0 aromatic carbocycles. The third-order valence-electron chi connectivity index (χ3n) is 4.52. The molecule has 102 valence electrons. The van der Waals surface area contributed by atoms with Crippen molar-refractivity contribution >= 4 is 0 Å². The summed E-state index contributed by atoms with van der Waals surface area (Å²) in [6, 6.07) is 0.415. The van der Waals surface area contributed by atoms with E-state index in [2.05, 4.69) is 23.6 Å². The highest BCUT2D eigenvalue weighted by atomic mass is 15.2. The Morgan fingerprint density at radius 2 is 2.17 bits per heavy atom. The summed E-state index contributed by atoms with van der Waals surface area (Å²) >= 11 is 0. The maximum atomic E-state index is 5.79. The molecule has 18 heavy (non-hydrogen) atoms. The third kappa shape index (κ3) is 3.12. The predicted molar refractivity (Wildman–Crippen MR) is 73.8 cm³/mol. The van der Waals surface area contributed by atoms with Crippen LogP contribution in [0, 0.1) is 5.41 Å². The normalized spacial score (nSPS) is 20.8. The number of hydrazine groups is 1. The molecular formula is C14H26N4. The number of nitrogens with one attached hydrogen (secondary N) is 1. The number of hydrogen-bond acceptors (Lipinski definition) is 3. The van der Waals surface area contributed by atoms with E-state index in [1.165, 1.54) is 37.7 Å². The molecule has 2 rings (SSSR count). The summed E-state index contributed by atoms with van der Waals surface area (Å²) in [6.07, 6.45) is 12.9. The lowest BCUT2D eigenvalue weighted by Crippen LogP contribution is -2.48. The molecule has 4 nitrogen and oxygen atoms in total. The van der Waals surface area contributed by atoms with E-state index in [0.717, 1.165) is 12.8 Å². The Bertz CT molecular complexity index is 366. The van der Waals surface area contributed by atoms with Crippen LogP contribution in [0.2, 0.25) is 0 Å². The highest BCUT2D eigenvalue weighted by Crippen LogP contribution is 2.39. The van der Waals surface area contributed by atoms with Crippen molar-refractivity contribution in [2.75, 3.05) is 0 Å². The Kier molecular flexibility index (Phi) is 4.40. The quantitative estimate of drug-likeness (QED) is 0.622. The van der Waals surface area contributed by atoms with Gasteiger partial charge in [0.1, 0.15) is 0 Å². The minimum absolute atomic E-state index is 0.370. The number of rotatable bonds is 5. The summed E-state index contributed by atoms with van der Waals surface area (Å²) in [7, 11) is 1.96. The molecule has 4 heteroatoms. The molecule has 0 amide bonds. The van der Waals surface area contributed by atoms with Gasteiger partial charge in [-0.1, -0.05) is 26.2 Å². The zero-order valence-electron chi connectivity index (χ0n) is 11.7. The van der Waals surface area contributed by atoms with Crippen molar-refractivity contribution in [1.82, 2.24) is 15.2 Å². The molecule has 0 saturated heterocycles. The molecule has 0 spiro atoms. The van der Waals surface area contributed by atoms with E-state index in [9.17, 15) is 0 Å². The topological polar surface area (TPSA) is 55.9 Å². The Balaban J connectivity index is 1.92. The van der Waals surface area contributed by atoms with Crippen LogP contribution in [0.4, 0.5) is 0 Å². The molecule has 1 saturated carbocycles. The lowest BCUT2D eigenvalue weighted by atomic mass is 9.69. The van der Waals surface area contributed by atoms with Crippen LogP contribution >= 0.6 is 0 Å². The van der Waals surface area contributed by atoms with Crippen LogP contribution in [0.3, 0.4) is 0 Å². The Labute approximate surface area is 110 Å². The molecule has 0 bridgehead atoms. The second-order valence-corrected chi connectivity index (χ2v) is 5.99. The molecule has 1 aromatic heterocycles. The summed E-state index contributed by atoms with van der Waals surface area (Å²) in [5.41, 5.74) is 4.74. The molecule has 1 fully saturated rings. The molecule has 0 aliphatic heterocycles. The highest BCUT2D eigenvalue weighted by Gasteiger charge is 2.34. The van der Waals surface area contributed by atoms with Crippen LogP contribution in [0.1, 0.15) is 51.0 Å². The van der Waals surface area contributed by atoms with Crippen molar-refractivity contribution in [3.8, 4) is 0 Å². The van der Waals surface area contributed by atoms with Crippen molar-refractivity contribution in [3.05, 3.63) is 18.0 Å². The van der Waals surface area contributed by atoms with Gasteiger partial charge in [0.2, 0.25) is 0 Å². The Morgan fingerprint density at radius 3 is 2.72 bits per heavy atom. The average molecular weight is 250 g/mol. The summed E-state index contributed by atoms with van der Waals surface area (Å²) in [6.45, 7) is 2.39. The number of aryl methyl sites for hydroxylation is 2.